The number of amides is 1. The highest BCUT2D eigenvalue weighted by Gasteiger charge is 2.25. The number of carbonyl (C=O) groups is 1. The smallest absolute Gasteiger partial charge is 0.252 e. The van der Waals surface area contributed by atoms with Gasteiger partial charge in [-0.15, -0.1) is 0 Å². The molecule has 0 radical (unpaired) electrons. The fourth-order valence-corrected chi connectivity index (χ4v) is 2.64. The van der Waals surface area contributed by atoms with Crippen LogP contribution in [0.1, 0.15) is 13.8 Å². The molecule has 0 N–H and O–H groups in total. The first-order valence-corrected chi connectivity index (χ1v) is 7.13. The Balaban J connectivity index is 2.18. The lowest BCUT2D eigenvalue weighted by Crippen LogP contribution is -2.35. The maximum Gasteiger partial charge on any atom is 0.252 e. The van der Waals surface area contributed by atoms with Crippen LogP contribution in [-0.4, -0.2) is 11.9 Å². The van der Waals surface area contributed by atoms with E-state index < -0.39 is 0 Å². The van der Waals surface area contributed by atoms with Gasteiger partial charge in [0.05, 0.1) is 11.4 Å². The molecule has 0 unspecified atom stereocenters. The van der Waals surface area contributed by atoms with Gasteiger partial charge >= 0.3 is 0 Å². The van der Waals surface area contributed by atoms with Gasteiger partial charge in [-0.25, -0.2) is 0 Å². The summed E-state index contributed by atoms with van der Waals surface area (Å²) in [5.74, 6) is 0.0101. The van der Waals surface area contributed by atoms with Crippen molar-refractivity contribution in [3.8, 4) is 0 Å². The van der Waals surface area contributed by atoms with E-state index in [0.29, 0.717) is 0 Å². The minimum Gasteiger partial charge on any atom is -0.315 e. The number of nitrogens with zero attached hydrogens (tertiary/aromatic N) is 2. The van der Waals surface area contributed by atoms with Gasteiger partial charge in [0, 0.05) is 24.0 Å². The number of benzene rings is 2. The molecule has 1 amide bonds. The molecule has 1 aliphatic rings. The number of carbonyl (C=O) groups excluding carboxylic acids is 1. The molecule has 0 fully saturated rings. The molecular formula is C18H18N2O. The van der Waals surface area contributed by atoms with E-state index in [2.05, 4.69) is 4.90 Å². The van der Waals surface area contributed by atoms with Crippen LogP contribution in [0.2, 0.25) is 0 Å². The highest BCUT2D eigenvalue weighted by molar-refractivity contribution is 6.06. The van der Waals surface area contributed by atoms with E-state index in [-0.39, 0.29) is 11.9 Å². The van der Waals surface area contributed by atoms with Crippen LogP contribution in [0, 0.1) is 0 Å². The third kappa shape index (κ3) is 2.42. The molecule has 0 atom stereocenters. The van der Waals surface area contributed by atoms with E-state index in [0.717, 1.165) is 17.1 Å². The monoisotopic (exact) mass is 278 g/mol. The van der Waals surface area contributed by atoms with Gasteiger partial charge in [-0.1, -0.05) is 30.3 Å². The summed E-state index contributed by atoms with van der Waals surface area (Å²) in [7, 11) is 0. The molecule has 0 aromatic heterocycles. The number of hydrogen-bond acceptors (Lipinski definition) is 2. The number of para-hydroxylation sites is 3. The number of anilines is 3. The zero-order valence-corrected chi connectivity index (χ0v) is 12.2. The summed E-state index contributed by atoms with van der Waals surface area (Å²) in [5.41, 5.74) is 2.99. The van der Waals surface area contributed by atoms with Crippen molar-refractivity contribution in [2.24, 2.45) is 0 Å². The largest absolute Gasteiger partial charge is 0.315 e. The molecule has 3 heteroatoms. The molecule has 0 aliphatic carbocycles. The van der Waals surface area contributed by atoms with Crippen LogP contribution in [0.3, 0.4) is 0 Å². The summed E-state index contributed by atoms with van der Waals surface area (Å²) in [6.07, 6.45) is 3.48. The second-order valence-electron chi connectivity index (χ2n) is 5.31. The lowest BCUT2D eigenvalue weighted by Gasteiger charge is -2.28. The molecular weight excluding hydrogens is 260 g/mol. The summed E-state index contributed by atoms with van der Waals surface area (Å²) >= 11 is 0. The quantitative estimate of drug-likeness (QED) is 0.826. The van der Waals surface area contributed by atoms with Crippen LogP contribution in [0.4, 0.5) is 17.1 Å². The third-order valence-corrected chi connectivity index (χ3v) is 3.56. The molecule has 1 heterocycles. The molecule has 21 heavy (non-hydrogen) atoms. The van der Waals surface area contributed by atoms with Gasteiger partial charge in [0.2, 0.25) is 0 Å². The van der Waals surface area contributed by atoms with Crippen molar-refractivity contribution in [3.05, 3.63) is 66.9 Å². The number of fused-ring (bicyclic) bond motifs is 1. The van der Waals surface area contributed by atoms with Crippen LogP contribution in [0.25, 0.3) is 0 Å². The summed E-state index contributed by atoms with van der Waals surface area (Å²) in [6.45, 7) is 4.06. The van der Waals surface area contributed by atoms with E-state index in [1.165, 1.54) is 0 Å². The predicted molar refractivity (Wildman–Crippen MR) is 86.8 cm³/mol. The first kappa shape index (κ1) is 13.4. The average Bonchev–Trinajstić information content (AvgIpc) is 2.64. The molecule has 0 saturated heterocycles. The fraction of sp³-hybridized carbons (Fsp3) is 0.167. The van der Waals surface area contributed by atoms with Crippen LogP contribution in [-0.2, 0) is 4.79 Å². The maximum absolute atomic E-state index is 12.4. The van der Waals surface area contributed by atoms with Gasteiger partial charge in [-0.2, -0.15) is 0 Å². The second kappa shape index (κ2) is 5.44. The zero-order chi connectivity index (χ0) is 14.8. The van der Waals surface area contributed by atoms with Crippen LogP contribution in [0.15, 0.2) is 66.9 Å². The van der Waals surface area contributed by atoms with Crippen molar-refractivity contribution in [2.75, 3.05) is 9.80 Å². The molecule has 0 spiro atoms. The van der Waals surface area contributed by atoms with E-state index in [1.54, 1.807) is 6.08 Å². The van der Waals surface area contributed by atoms with Gasteiger partial charge in [0.1, 0.15) is 0 Å². The summed E-state index contributed by atoms with van der Waals surface area (Å²) in [4.78, 5) is 16.3. The Morgan fingerprint density at radius 1 is 0.857 bits per heavy atom. The minimum atomic E-state index is 0.0101. The van der Waals surface area contributed by atoms with E-state index in [9.17, 15) is 4.79 Å². The Hall–Kier alpha value is -2.55. The van der Waals surface area contributed by atoms with Crippen LogP contribution >= 0.6 is 0 Å². The van der Waals surface area contributed by atoms with Gasteiger partial charge in [-0.05, 0) is 38.1 Å². The molecule has 1 aliphatic heterocycles. The van der Waals surface area contributed by atoms with Crippen molar-refractivity contribution >= 4 is 23.0 Å². The lowest BCUT2D eigenvalue weighted by atomic mass is 10.2. The number of hydrogen-bond donors (Lipinski definition) is 0. The topological polar surface area (TPSA) is 23.6 Å². The molecule has 0 bridgehead atoms. The molecule has 3 nitrogen and oxygen atoms in total. The summed E-state index contributed by atoms with van der Waals surface area (Å²) in [5, 5.41) is 0. The Bertz CT molecular complexity index is 677. The lowest BCUT2D eigenvalue weighted by molar-refractivity contribution is -0.114. The molecule has 0 saturated carbocycles. The van der Waals surface area contributed by atoms with E-state index in [4.69, 9.17) is 0 Å². The number of rotatable bonds is 2. The van der Waals surface area contributed by atoms with Crippen molar-refractivity contribution in [1.82, 2.24) is 0 Å². The molecule has 3 rings (SSSR count). The van der Waals surface area contributed by atoms with Crippen molar-refractivity contribution in [3.63, 3.8) is 0 Å². The first-order chi connectivity index (χ1) is 10.2. The molecule has 106 valence electrons. The Morgan fingerprint density at radius 2 is 1.48 bits per heavy atom. The average molecular weight is 278 g/mol. The minimum absolute atomic E-state index is 0.0101. The predicted octanol–water partition coefficient (Wildman–Crippen LogP) is 4.09. The SMILES string of the molecule is CC(C)N1C(=O)C=CN(c2ccccc2)c2ccccc21. The normalized spacial score (nSPS) is 14.3. The van der Waals surface area contributed by atoms with Gasteiger partial charge in [0.25, 0.3) is 5.91 Å². The Labute approximate surface area is 125 Å². The standard InChI is InChI=1S/C18H18N2O/c1-14(2)20-17-11-7-6-10-16(17)19(13-12-18(20)21)15-8-4-3-5-9-15/h3-14H,1-2H3. The van der Waals surface area contributed by atoms with Crippen LogP contribution in [0.5, 0.6) is 0 Å². The highest BCUT2D eigenvalue weighted by atomic mass is 16.2. The van der Waals surface area contributed by atoms with Gasteiger partial charge in [-0.3, -0.25) is 4.79 Å². The Morgan fingerprint density at radius 3 is 2.14 bits per heavy atom. The Kier molecular flexibility index (Phi) is 3.48. The summed E-state index contributed by atoms with van der Waals surface area (Å²) in [6, 6.07) is 18.2. The van der Waals surface area contributed by atoms with Gasteiger partial charge in [0.15, 0.2) is 0 Å². The van der Waals surface area contributed by atoms with Crippen LogP contribution < -0.4 is 9.80 Å². The van der Waals surface area contributed by atoms with Crippen molar-refractivity contribution in [2.45, 2.75) is 19.9 Å². The third-order valence-electron chi connectivity index (χ3n) is 3.56. The molecule has 2 aromatic rings. The van der Waals surface area contributed by atoms with E-state index in [1.807, 2.05) is 79.5 Å². The maximum atomic E-state index is 12.4. The van der Waals surface area contributed by atoms with Crippen molar-refractivity contribution < 1.29 is 4.79 Å². The van der Waals surface area contributed by atoms with Gasteiger partial charge < -0.3 is 9.80 Å². The first-order valence-electron chi connectivity index (χ1n) is 7.13. The second-order valence-corrected chi connectivity index (χ2v) is 5.31. The molecule has 2 aromatic carbocycles. The van der Waals surface area contributed by atoms with E-state index >= 15 is 0 Å². The summed E-state index contributed by atoms with van der Waals surface area (Å²) < 4.78 is 0. The fourth-order valence-electron chi connectivity index (χ4n) is 2.64. The van der Waals surface area contributed by atoms with Crippen molar-refractivity contribution in [1.29, 1.82) is 0 Å². The zero-order valence-electron chi connectivity index (χ0n) is 12.2. The highest BCUT2D eigenvalue weighted by Crippen LogP contribution is 2.37.